The highest BCUT2D eigenvalue weighted by Crippen LogP contribution is 2.04. The lowest BCUT2D eigenvalue weighted by Gasteiger charge is -2.36. The van der Waals surface area contributed by atoms with Crippen molar-refractivity contribution in [1.82, 2.24) is 9.80 Å². The number of piperazine rings is 1. The number of rotatable bonds is 3. The van der Waals surface area contributed by atoms with E-state index in [2.05, 4.69) is 0 Å². The Labute approximate surface area is 70.6 Å². The molecule has 5 nitrogen and oxygen atoms in total. The Bertz CT molecular complexity index is 174. The lowest BCUT2D eigenvalue weighted by Crippen LogP contribution is -2.53. The molecule has 1 saturated heterocycles. The minimum absolute atomic E-state index is 0.0942. The Hall–Kier alpha value is -1.10. The van der Waals surface area contributed by atoms with Gasteiger partial charge in [-0.05, 0) is 0 Å². The molecule has 1 fully saturated rings. The minimum Gasteiger partial charge on any atom is -0.394 e. The lowest BCUT2D eigenvalue weighted by atomic mass is 10.2. The van der Waals surface area contributed by atoms with E-state index in [0.717, 1.165) is 6.41 Å². The number of carbonyl (C=O) groups excluding carboxylic acids is 2. The average molecular weight is 172 g/mol. The summed E-state index contributed by atoms with van der Waals surface area (Å²) in [4.78, 5) is 23.9. The van der Waals surface area contributed by atoms with E-state index < -0.39 is 0 Å². The van der Waals surface area contributed by atoms with Crippen molar-refractivity contribution in [3.05, 3.63) is 0 Å². The van der Waals surface area contributed by atoms with Crippen molar-refractivity contribution in [2.75, 3.05) is 26.2 Å². The molecule has 0 aliphatic carbocycles. The normalized spacial score (nSPS) is 23.9. The molecular weight excluding hydrogens is 160 g/mol. The topological polar surface area (TPSA) is 60.9 Å². The van der Waals surface area contributed by atoms with Gasteiger partial charge in [0.1, 0.15) is 0 Å². The first-order valence-corrected chi connectivity index (χ1v) is 3.83. The fraction of sp³-hybridized carbons (Fsp3) is 0.714. The zero-order chi connectivity index (χ0) is 8.97. The first-order valence-electron chi connectivity index (χ1n) is 3.83. The Morgan fingerprint density at radius 2 is 2.08 bits per heavy atom. The fourth-order valence-electron chi connectivity index (χ4n) is 1.29. The van der Waals surface area contributed by atoms with Crippen molar-refractivity contribution >= 4 is 12.8 Å². The number of hydrogen-bond donors (Lipinski definition) is 1. The summed E-state index contributed by atoms with van der Waals surface area (Å²) in [5.74, 6) is 0. The fourth-order valence-corrected chi connectivity index (χ4v) is 1.29. The van der Waals surface area contributed by atoms with E-state index in [0.29, 0.717) is 26.0 Å². The van der Waals surface area contributed by atoms with E-state index in [4.69, 9.17) is 5.11 Å². The van der Waals surface area contributed by atoms with Crippen LogP contribution in [0.15, 0.2) is 0 Å². The Morgan fingerprint density at radius 3 is 2.58 bits per heavy atom. The predicted octanol–water partition coefficient (Wildman–Crippen LogP) is -1.72. The van der Waals surface area contributed by atoms with Gasteiger partial charge in [0.2, 0.25) is 12.8 Å². The molecule has 0 bridgehead atoms. The smallest absolute Gasteiger partial charge is 0.210 e. The molecule has 1 rings (SSSR count). The SMILES string of the molecule is O=CN1CCN(C=O)C(CO)C1. The summed E-state index contributed by atoms with van der Waals surface area (Å²) in [7, 11) is 0. The molecule has 1 aliphatic heterocycles. The number of carbonyl (C=O) groups is 2. The number of nitrogens with zero attached hydrogens (tertiary/aromatic N) is 2. The van der Waals surface area contributed by atoms with E-state index in [1.54, 1.807) is 4.90 Å². The van der Waals surface area contributed by atoms with Gasteiger partial charge < -0.3 is 14.9 Å². The van der Waals surface area contributed by atoms with Crippen LogP contribution in [0.3, 0.4) is 0 Å². The molecule has 68 valence electrons. The molecule has 1 unspecified atom stereocenters. The Kier molecular flexibility index (Phi) is 3.04. The van der Waals surface area contributed by atoms with Crippen LogP contribution in [0.5, 0.6) is 0 Å². The number of aliphatic hydroxyl groups is 1. The highest BCUT2D eigenvalue weighted by Gasteiger charge is 2.23. The summed E-state index contributed by atoms with van der Waals surface area (Å²) in [5.41, 5.74) is 0. The van der Waals surface area contributed by atoms with Crippen molar-refractivity contribution < 1.29 is 14.7 Å². The molecule has 12 heavy (non-hydrogen) atoms. The summed E-state index contributed by atoms with van der Waals surface area (Å²) < 4.78 is 0. The molecule has 1 atom stereocenters. The second-order valence-electron chi connectivity index (χ2n) is 2.78. The maximum Gasteiger partial charge on any atom is 0.210 e. The number of aliphatic hydroxyl groups excluding tert-OH is 1. The molecule has 0 spiro atoms. The van der Waals surface area contributed by atoms with Crippen LogP contribution in [0.4, 0.5) is 0 Å². The predicted molar refractivity (Wildman–Crippen MR) is 41.3 cm³/mol. The van der Waals surface area contributed by atoms with Gasteiger partial charge in [0.15, 0.2) is 0 Å². The first-order chi connectivity index (χ1) is 5.81. The van der Waals surface area contributed by atoms with Crippen molar-refractivity contribution in [2.24, 2.45) is 0 Å². The minimum atomic E-state index is -0.235. The van der Waals surface area contributed by atoms with Crippen LogP contribution in [-0.4, -0.2) is 60.0 Å². The van der Waals surface area contributed by atoms with Gasteiger partial charge in [-0.3, -0.25) is 9.59 Å². The monoisotopic (exact) mass is 172 g/mol. The summed E-state index contributed by atoms with van der Waals surface area (Å²) in [6.45, 7) is 1.40. The van der Waals surface area contributed by atoms with E-state index in [-0.39, 0.29) is 12.6 Å². The summed E-state index contributed by atoms with van der Waals surface area (Å²) in [6, 6.07) is -0.235. The molecule has 5 heteroatoms. The van der Waals surface area contributed by atoms with Crippen molar-refractivity contribution in [2.45, 2.75) is 6.04 Å². The molecule has 2 amide bonds. The van der Waals surface area contributed by atoms with Crippen LogP contribution in [0.2, 0.25) is 0 Å². The van der Waals surface area contributed by atoms with Gasteiger partial charge in [-0.25, -0.2) is 0 Å². The first kappa shape index (κ1) is 8.99. The van der Waals surface area contributed by atoms with Crippen LogP contribution in [0.1, 0.15) is 0 Å². The lowest BCUT2D eigenvalue weighted by molar-refractivity contribution is -0.129. The van der Waals surface area contributed by atoms with Gasteiger partial charge >= 0.3 is 0 Å². The third kappa shape index (κ3) is 1.73. The molecule has 0 aromatic heterocycles. The van der Waals surface area contributed by atoms with Gasteiger partial charge in [-0.1, -0.05) is 0 Å². The zero-order valence-corrected chi connectivity index (χ0v) is 6.72. The second kappa shape index (κ2) is 4.06. The molecule has 0 aromatic rings. The maximum atomic E-state index is 10.4. The maximum absolute atomic E-state index is 10.4. The van der Waals surface area contributed by atoms with E-state index in [1.165, 1.54) is 4.90 Å². The van der Waals surface area contributed by atoms with Crippen LogP contribution < -0.4 is 0 Å². The van der Waals surface area contributed by atoms with Crippen LogP contribution in [0, 0.1) is 0 Å². The molecular formula is C7H12N2O3. The summed E-state index contributed by atoms with van der Waals surface area (Å²) in [5, 5.41) is 8.86. The molecule has 0 saturated carbocycles. The van der Waals surface area contributed by atoms with Gasteiger partial charge in [0.05, 0.1) is 12.6 Å². The third-order valence-corrected chi connectivity index (χ3v) is 2.05. The Morgan fingerprint density at radius 1 is 1.33 bits per heavy atom. The quantitative estimate of drug-likeness (QED) is 0.515. The van der Waals surface area contributed by atoms with Gasteiger partial charge in [-0.2, -0.15) is 0 Å². The number of hydrogen-bond acceptors (Lipinski definition) is 3. The van der Waals surface area contributed by atoms with E-state index >= 15 is 0 Å². The molecule has 1 heterocycles. The number of amides is 2. The summed E-state index contributed by atoms with van der Waals surface area (Å²) >= 11 is 0. The highest BCUT2D eigenvalue weighted by molar-refractivity contribution is 5.51. The molecule has 0 aromatic carbocycles. The average Bonchev–Trinajstić information content (AvgIpc) is 2.16. The summed E-state index contributed by atoms with van der Waals surface area (Å²) in [6.07, 6.45) is 1.45. The van der Waals surface area contributed by atoms with Crippen molar-refractivity contribution in [1.29, 1.82) is 0 Å². The van der Waals surface area contributed by atoms with Crippen molar-refractivity contribution in [3.8, 4) is 0 Å². The van der Waals surface area contributed by atoms with Gasteiger partial charge in [0.25, 0.3) is 0 Å². The standard InChI is InChI=1S/C7H12N2O3/c10-4-7-3-8(5-11)1-2-9(7)6-12/h5-7,10H,1-4H2. The largest absolute Gasteiger partial charge is 0.394 e. The highest BCUT2D eigenvalue weighted by atomic mass is 16.3. The van der Waals surface area contributed by atoms with Gasteiger partial charge in [-0.15, -0.1) is 0 Å². The van der Waals surface area contributed by atoms with Crippen molar-refractivity contribution in [3.63, 3.8) is 0 Å². The Balaban J connectivity index is 2.52. The molecule has 1 N–H and O–H groups in total. The van der Waals surface area contributed by atoms with Crippen LogP contribution >= 0.6 is 0 Å². The van der Waals surface area contributed by atoms with E-state index in [9.17, 15) is 9.59 Å². The van der Waals surface area contributed by atoms with Crippen LogP contribution in [0.25, 0.3) is 0 Å². The molecule has 1 aliphatic rings. The van der Waals surface area contributed by atoms with Crippen LogP contribution in [-0.2, 0) is 9.59 Å². The molecule has 0 radical (unpaired) electrons. The second-order valence-corrected chi connectivity index (χ2v) is 2.78. The van der Waals surface area contributed by atoms with Gasteiger partial charge in [0, 0.05) is 19.6 Å². The van der Waals surface area contributed by atoms with E-state index in [1.807, 2.05) is 0 Å². The zero-order valence-electron chi connectivity index (χ0n) is 6.72. The third-order valence-electron chi connectivity index (χ3n) is 2.05.